The molecule has 0 spiro atoms. The number of hydrogen-bond donors (Lipinski definition) is 1. The fraction of sp³-hybridized carbons (Fsp3) is 0.0714. The highest BCUT2D eigenvalue weighted by atomic mass is 79.9. The van der Waals surface area contributed by atoms with Gasteiger partial charge in [-0.2, -0.15) is 0 Å². The SMILES string of the molecule is COc1cc(Br)cc(-n2c(N)nc3cc(F)c(Br)cc32)c1. The number of nitrogen functional groups attached to an aromatic ring is 1. The van der Waals surface area contributed by atoms with Crippen molar-refractivity contribution in [1.29, 1.82) is 0 Å². The standard InChI is InChI=1S/C14H10Br2FN3O/c1-21-9-3-7(15)2-8(4-9)20-13-5-10(16)11(17)6-12(13)19-14(20)18/h2-6H,1H3,(H2,18,19). The van der Waals surface area contributed by atoms with Crippen molar-refractivity contribution in [2.24, 2.45) is 0 Å². The van der Waals surface area contributed by atoms with E-state index in [4.69, 9.17) is 10.5 Å². The minimum Gasteiger partial charge on any atom is -0.497 e. The fourth-order valence-corrected chi connectivity index (χ4v) is 2.95. The first-order valence-electron chi connectivity index (χ1n) is 5.97. The van der Waals surface area contributed by atoms with Gasteiger partial charge in [0.2, 0.25) is 5.95 Å². The molecule has 0 aliphatic carbocycles. The summed E-state index contributed by atoms with van der Waals surface area (Å²) in [5.74, 6) is 0.587. The maximum Gasteiger partial charge on any atom is 0.205 e. The number of benzene rings is 2. The molecule has 0 aliphatic rings. The number of fused-ring (bicyclic) bond motifs is 1. The molecule has 0 radical (unpaired) electrons. The molecule has 21 heavy (non-hydrogen) atoms. The van der Waals surface area contributed by atoms with E-state index in [0.717, 1.165) is 10.2 Å². The molecule has 0 saturated carbocycles. The first-order valence-corrected chi connectivity index (χ1v) is 7.56. The summed E-state index contributed by atoms with van der Waals surface area (Å²) < 4.78 is 21.8. The van der Waals surface area contributed by atoms with E-state index in [2.05, 4.69) is 36.8 Å². The second-order valence-electron chi connectivity index (χ2n) is 4.41. The maximum atomic E-state index is 13.6. The molecule has 4 nitrogen and oxygen atoms in total. The van der Waals surface area contributed by atoms with Gasteiger partial charge in [-0.1, -0.05) is 15.9 Å². The van der Waals surface area contributed by atoms with Crippen LogP contribution in [-0.2, 0) is 0 Å². The van der Waals surface area contributed by atoms with Crippen LogP contribution in [0, 0.1) is 5.82 Å². The average molecular weight is 415 g/mol. The Hall–Kier alpha value is -1.60. The molecule has 0 unspecified atom stereocenters. The summed E-state index contributed by atoms with van der Waals surface area (Å²) in [6, 6.07) is 8.56. The van der Waals surface area contributed by atoms with Gasteiger partial charge in [0.25, 0.3) is 0 Å². The number of nitrogens with two attached hydrogens (primary N) is 1. The molecule has 7 heteroatoms. The van der Waals surface area contributed by atoms with Gasteiger partial charge in [-0.25, -0.2) is 9.37 Å². The lowest BCUT2D eigenvalue weighted by molar-refractivity contribution is 0.414. The maximum absolute atomic E-state index is 13.6. The molecule has 1 heterocycles. The molecule has 3 rings (SSSR count). The Morgan fingerprint density at radius 3 is 2.67 bits per heavy atom. The predicted molar refractivity (Wildman–Crippen MR) is 87.4 cm³/mol. The van der Waals surface area contributed by atoms with E-state index in [1.54, 1.807) is 17.7 Å². The zero-order chi connectivity index (χ0) is 15.1. The topological polar surface area (TPSA) is 53.1 Å². The predicted octanol–water partition coefficient (Wildman–Crippen LogP) is 4.28. The van der Waals surface area contributed by atoms with Crippen LogP contribution in [0.25, 0.3) is 16.7 Å². The van der Waals surface area contributed by atoms with Crippen LogP contribution in [0.15, 0.2) is 39.3 Å². The molecule has 1 aromatic heterocycles. The van der Waals surface area contributed by atoms with Crippen LogP contribution in [-0.4, -0.2) is 16.7 Å². The molecular formula is C14H10Br2FN3O. The van der Waals surface area contributed by atoms with Crippen LogP contribution >= 0.6 is 31.9 Å². The number of hydrogen-bond acceptors (Lipinski definition) is 3. The summed E-state index contributed by atoms with van der Waals surface area (Å²) >= 11 is 6.61. The Kier molecular flexibility index (Phi) is 3.62. The quantitative estimate of drug-likeness (QED) is 0.680. The van der Waals surface area contributed by atoms with Gasteiger partial charge in [-0.15, -0.1) is 0 Å². The summed E-state index contributed by atoms with van der Waals surface area (Å²) in [6.45, 7) is 0. The molecule has 0 aliphatic heterocycles. The number of aromatic nitrogens is 2. The third-order valence-electron chi connectivity index (χ3n) is 3.07. The third kappa shape index (κ3) is 2.51. The van der Waals surface area contributed by atoms with Gasteiger partial charge in [-0.3, -0.25) is 4.57 Å². The van der Waals surface area contributed by atoms with Gasteiger partial charge >= 0.3 is 0 Å². The van der Waals surface area contributed by atoms with Crippen LogP contribution < -0.4 is 10.5 Å². The molecule has 108 valence electrons. The van der Waals surface area contributed by atoms with Crippen molar-refractivity contribution in [3.05, 3.63) is 45.1 Å². The van der Waals surface area contributed by atoms with E-state index in [1.165, 1.54) is 6.07 Å². The minimum atomic E-state index is -0.376. The molecule has 2 aromatic carbocycles. The van der Waals surface area contributed by atoms with E-state index in [0.29, 0.717) is 21.3 Å². The highest BCUT2D eigenvalue weighted by Crippen LogP contribution is 2.31. The zero-order valence-corrected chi connectivity index (χ0v) is 14.1. The largest absolute Gasteiger partial charge is 0.497 e. The molecule has 3 aromatic rings. The summed E-state index contributed by atoms with van der Waals surface area (Å²) in [7, 11) is 1.59. The molecule has 0 fully saturated rings. The lowest BCUT2D eigenvalue weighted by Crippen LogP contribution is -2.01. The van der Waals surface area contributed by atoms with Crippen molar-refractivity contribution in [2.45, 2.75) is 0 Å². The molecular weight excluding hydrogens is 405 g/mol. The van der Waals surface area contributed by atoms with Crippen molar-refractivity contribution >= 4 is 48.8 Å². The van der Waals surface area contributed by atoms with Gasteiger partial charge in [0.15, 0.2) is 0 Å². The minimum absolute atomic E-state index is 0.280. The van der Waals surface area contributed by atoms with Crippen LogP contribution in [0.3, 0.4) is 0 Å². The van der Waals surface area contributed by atoms with Gasteiger partial charge in [0.1, 0.15) is 11.6 Å². The number of nitrogens with zero attached hydrogens (tertiary/aromatic N) is 2. The van der Waals surface area contributed by atoms with E-state index < -0.39 is 0 Å². The molecule has 0 atom stereocenters. The van der Waals surface area contributed by atoms with Gasteiger partial charge in [-0.05, 0) is 34.1 Å². The Morgan fingerprint density at radius 2 is 1.95 bits per heavy atom. The first kappa shape index (κ1) is 14.3. The van der Waals surface area contributed by atoms with Gasteiger partial charge < -0.3 is 10.5 Å². The normalized spacial score (nSPS) is 11.0. The Labute approximate surface area is 137 Å². The molecule has 2 N–H and O–H groups in total. The van der Waals surface area contributed by atoms with E-state index in [1.807, 2.05) is 18.2 Å². The fourth-order valence-electron chi connectivity index (χ4n) is 2.16. The number of halogens is 3. The number of rotatable bonds is 2. The Balaban J connectivity index is 2.31. The Morgan fingerprint density at radius 1 is 1.19 bits per heavy atom. The second-order valence-corrected chi connectivity index (χ2v) is 6.18. The summed E-state index contributed by atoms with van der Waals surface area (Å²) in [5.41, 5.74) is 7.96. The van der Waals surface area contributed by atoms with Crippen molar-refractivity contribution < 1.29 is 9.13 Å². The van der Waals surface area contributed by atoms with Crippen LogP contribution in [0.5, 0.6) is 5.75 Å². The molecule has 0 saturated heterocycles. The average Bonchev–Trinajstić information content (AvgIpc) is 2.74. The number of imidazole rings is 1. The summed E-state index contributed by atoms with van der Waals surface area (Å²) in [5, 5.41) is 0. The highest BCUT2D eigenvalue weighted by Gasteiger charge is 2.14. The van der Waals surface area contributed by atoms with Crippen molar-refractivity contribution in [1.82, 2.24) is 9.55 Å². The molecule has 0 amide bonds. The van der Waals surface area contributed by atoms with Crippen LogP contribution in [0.1, 0.15) is 0 Å². The van der Waals surface area contributed by atoms with Gasteiger partial charge in [0.05, 0.1) is 28.3 Å². The lowest BCUT2D eigenvalue weighted by atomic mass is 10.2. The van der Waals surface area contributed by atoms with E-state index in [-0.39, 0.29) is 11.8 Å². The molecule has 0 bridgehead atoms. The Bertz CT molecular complexity index is 848. The van der Waals surface area contributed by atoms with Crippen LogP contribution in [0.4, 0.5) is 10.3 Å². The summed E-state index contributed by atoms with van der Waals surface area (Å²) in [4.78, 5) is 4.20. The number of methoxy groups -OCH3 is 1. The van der Waals surface area contributed by atoms with Crippen molar-refractivity contribution in [3.63, 3.8) is 0 Å². The summed E-state index contributed by atoms with van der Waals surface area (Å²) in [6.07, 6.45) is 0. The number of ether oxygens (including phenoxy) is 1. The van der Waals surface area contributed by atoms with E-state index in [9.17, 15) is 4.39 Å². The zero-order valence-electron chi connectivity index (χ0n) is 10.9. The van der Waals surface area contributed by atoms with E-state index >= 15 is 0 Å². The van der Waals surface area contributed by atoms with Gasteiger partial charge in [0, 0.05) is 16.6 Å². The smallest absolute Gasteiger partial charge is 0.205 e. The number of anilines is 1. The van der Waals surface area contributed by atoms with Crippen molar-refractivity contribution in [2.75, 3.05) is 12.8 Å². The lowest BCUT2D eigenvalue weighted by Gasteiger charge is -2.10. The third-order valence-corrected chi connectivity index (χ3v) is 4.14. The van der Waals surface area contributed by atoms with Crippen molar-refractivity contribution in [3.8, 4) is 11.4 Å². The van der Waals surface area contributed by atoms with Crippen LogP contribution in [0.2, 0.25) is 0 Å². The highest BCUT2D eigenvalue weighted by molar-refractivity contribution is 9.10. The second kappa shape index (κ2) is 5.31. The first-order chi connectivity index (χ1) is 9.99. The monoisotopic (exact) mass is 413 g/mol.